The minimum atomic E-state index is -0.645. The molecular formula is C25H25N3O2S. The molecule has 4 rings (SSSR count). The predicted molar refractivity (Wildman–Crippen MR) is 128 cm³/mol. The summed E-state index contributed by atoms with van der Waals surface area (Å²) < 4.78 is 1.47. The van der Waals surface area contributed by atoms with Gasteiger partial charge in [0.25, 0.3) is 5.56 Å². The van der Waals surface area contributed by atoms with Gasteiger partial charge < -0.3 is 5.32 Å². The van der Waals surface area contributed by atoms with Gasteiger partial charge in [0, 0.05) is 16.6 Å². The van der Waals surface area contributed by atoms with Crippen molar-refractivity contribution in [2.45, 2.75) is 39.2 Å². The van der Waals surface area contributed by atoms with Crippen LogP contribution in [-0.4, -0.2) is 15.5 Å². The molecule has 158 valence electrons. The molecule has 2 aromatic heterocycles. The Kier molecular flexibility index (Phi) is 6.00. The monoisotopic (exact) mass is 431 g/mol. The summed E-state index contributed by atoms with van der Waals surface area (Å²) in [5.41, 5.74) is 3.48. The second kappa shape index (κ2) is 8.86. The first-order chi connectivity index (χ1) is 15.0. The van der Waals surface area contributed by atoms with Crippen molar-refractivity contribution in [2.75, 3.05) is 5.32 Å². The minimum Gasteiger partial charge on any atom is -0.324 e. The molecule has 0 radical (unpaired) electrons. The van der Waals surface area contributed by atoms with Gasteiger partial charge in [-0.2, -0.15) is 0 Å². The molecule has 5 nitrogen and oxygen atoms in total. The van der Waals surface area contributed by atoms with Crippen LogP contribution in [0.5, 0.6) is 0 Å². The number of nitrogens with zero attached hydrogens (tertiary/aromatic N) is 2. The molecule has 2 heterocycles. The summed E-state index contributed by atoms with van der Waals surface area (Å²) in [7, 11) is 0. The van der Waals surface area contributed by atoms with Crippen molar-refractivity contribution < 1.29 is 4.79 Å². The average Bonchev–Trinajstić information content (AvgIpc) is 3.22. The Morgan fingerprint density at radius 2 is 1.81 bits per heavy atom. The Hall–Kier alpha value is -3.25. The molecule has 1 amide bonds. The lowest BCUT2D eigenvalue weighted by Gasteiger charge is -2.20. The van der Waals surface area contributed by atoms with Gasteiger partial charge in [-0.05, 0) is 29.5 Å². The normalized spacial score (nSPS) is 12.3. The van der Waals surface area contributed by atoms with Gasteiger partial charge >= 0.3 is 0 Å². The standard InChI is InChI=1S/C25H25N3O2S/c1-4-21(23(29)27-20-13-9-8-12-18(20)16(2)3)28-15-26-24-22(25(28)30)19(14-31-24)17-10-6-5-7-11-17/h5-16,21H,4H2,1-3H3,(H,27,29). The molecule has 4 aromatic rings. The number of fused-ring (bicyclic) bond motifs is 1. The molecule has 0 fully saturated rings. The van der Waals surface area contributed by atoms with Gasteiger partial charge in [0.1, 0.15) is 10.9 Å². The van der Waals surface area contributed by atoms with Gasteiger partial charge in [-0.3, -0.25) is 14.2 Å². The highest BCUT2D eigenvalue weighted by Gasteiger charge is 2.23. The smallest absolute Gasteiger partial charge is 0.263 e. The number of benzene rings is 2. The molecule has 31 heavy (non-hydrogen) atoms. The number of hydrogen-bond acceptors (Lipinski definition) is 4. The van der Waals surface area contributed by atoms with Crippen molar-refractivity contribution in [3.63, 3.8) is 0 Å². The van der Waals surface area contributed by atoms with Gasteiger partial charge in [0.2, 0.25) is 5.91 Å². The van der Waals surface area contributed by atoms with Gasteiger partial charge in [-0.1, -0.05) is 69.3 Å². The van der Waals surface area contributed by atoms with Gasteiger partial charge in [0.15, 0.2) is 0 Å². The Labute approximate surface area is 185 Å². The van der Waals surface area contributed by atoms with Crippen molar-refractivity contribution in [1.82, 2.24) is 9.55 Å². The highest BCUT2D eigenvalue weighted by atomic mass is 32.1. The summed E-state index contributed by atoms with van der Waals surface area (Å²) in [5.74, 6) is 0.0619. The number of anilines is 1. The molecule has 0 aliphatic rings. The first-order valence-electron chi connectivity index (χ1n) is 10.4. The fourth-order valence-electron chi connectivity index (χ4n) is 3.84. The van der Waals surface area contributed by atoms with E-state index in [2.05, 4.69) is 24.1 Å². The van der Waals surface area contributed by atoms with E-state index >= 15 is 0 Å². The fourth-order valence-corrected chi connectivity index (χ4v) is 4.74. The minimum absolute atomic E-state index is 0.191. The number of carbonyl (C=O) groups excluding carboxylic acids is 1. The predicted octanol–water partition coefficient (Wildman–Crippen LogP) is 5.84. The highest BCUT2D eigenvalue weighted by Crippen LogP contribution is 2.31. The van der Waals surface area contributed by atoms with E-state index in [0.29, 0.717) is 16.6 Å². The molecule has 0 aliphatic carbocycles. The van der Waals surface area contributed by atoms with Gasteiger partial charge in [0.05, 0.1) is 11.7 Å². The number of rotatable bonds is 6. The van der Waals surface area contributed by atoms with Gasteiger partial charge in [-0.15, -0.1) is 11.3 Å². The Morgan fingerprint density at radius 3 is 2.52 bits per heavy atom. The number of thiophene rings is 1. The SMILES string of the molecule is CCC(C(=O)Nc1ccccc1C(C)C)n1cnc2scc(-c3ccccc3)c2c1=O. The van der Waals surface area contributed by atoms with Crippen LogP contribution >= 0.6 is 11.3 Å². The van der Waals surface area contributed by atoms with E-state index in [1.807, 2.05) is 66.9 Å². The van der Waals surface area contributed by atoms with Crippen LogP contribution in [0, 0.1) is 0 Å². The lowest BCUT2D eigenvalue weighted by molar-refractivity contribution is -0.119. The zero-order chi connectivity index (χ0) is 22.0. The van der Waals surface area contributed by atoms with Crippen LogP contribution in [0.4, 0.5) is 5.69 Å². The number of aromatic nitrogens is 2. The van der Waals surface area contributed by atoms with E-state index in [9.17, 15) is 9.59 Å². The summed E-state index contributed by atoms with van der Waals surface area (Å²) in [6.45, 7) is 6.08. The molecular weight excluding hydrogens is 406 g/mol. The second-order valence-electron chi connectivity index (χ2n) is 7.81. The van der Waals surface area contributed by atoms with E-state index in [1.54, 1.807) is 0 Å². The number of hydrogen-bond donors (Lipinski definition) is 1. The zero-order valence-electron chi connectivity index (χ0n) is 17.8. The molecule has 6 heteroatoms. The van der Waals surface area contributed by atoms with Crippen LogP contribution in [0.1, 0.15) is 44.7 Å². The van der Waals surface area contributed by atoms with E-state index < -0.39 is 6.04 Å². The molecule has 1 atom stereocenters. The lowest BCUT2D eigenvalue weighted by Crippen LogP contribution is -2.33. The molecule has 0 spiro atoms. The van der Waals surface area contributed by atoms with Crippen molar-refractivity contribution in [3.05, 3.63) is 82.2 Å². The topological polar surface area (TPSA) is 64.0 Å². The fraction of sp³-hybridized carbons (Fsp3) is 0.240. The second-order valence-corrected chi connectivity index (χ2v) is 8.67. The number of para-hydroxylation sites is 1. The van der Waals surface area contributed by atoms with E-state index in [1.165, 1.54) is 22.2 Å². The molecule has 0 saturated carbocycles. The maximum absolute atomic E-state index is 13.5. The van der Waals surface area contributed by atoms with Crippen molar-refractivity contribution in [1.29, 1.82) is 0 Å². The molecule has 2 aromatic carbocycles. The molecule has 0 aliphatic heterocycles. The van der Waals surface area contributed by atoms with Crippen molar-refractivity contribution >= 4 is 33.1 Å². The summed E-state index contributed by atoms with van der Waals surface area (Å²) in [6, 6.07) is 16.9. The van der Waals surface area contributed by atoms with Crippen molar-refractivity contribution in [3.8, 4) is 11.1 Å². The highest BCUT2D eigenvalue weighted by molar-refractivity contribution is 7.17. The van der Waals surface area contributed by atoms with Crippen LogP contribution < -0.4 is 10.9 Å². The molecule has 0 saturated heterocycles. The molecule has 1 N–H and O–H groups in total. The first kappa shape index (κ1) is 21.0. The van der Waals surface area contributed by atoms with E-state index in [0.717, 1.165) is 22.4 Å². The summed E-state index contributed by atoms with van der Waals surface area (Å²) in [4.78, 5) is 31.8. The summed E-state index contributed by atoms with van der Waals surface area (Å²) in [6.07, 6.45) is 1.98. The number of carbonyl (C=O) groups is 1. The Bertz CT molecular complexity index is 1270. The Balaban J connectivity index is 1.74. The van der Waals surface area contributed by atoms with Crippen LogP contribution in [0.15, 0.2) is 71.1 Å². The van der Waals surface area contributed by atoms with E-state index in [4.69, 9.17) is 0 Å². The number of nitrogens with one attached hydrogen (secondary N) is 1. The third-order valence-electron chi connectivity index (χ3n) is 5.47. The number of amides is 1. The zero-order valence-corrected chi connectivity index (χ0v) is 18.6. The Morgan fingerprint density at radius 1 is 1.10 bits per heavy atom. The summed E-state index contributed by atoms with van der Waals surface area (Å²) in [5, 5.41) is 5.55. The van der Waals surface area contributed by atoms with Gasteiger partial charge in [-0.25, -0.2) is 4.98 Å². The maximum atomic E-state index is 13.5. The third-order valence-corrected chi connectivity index (χ3v) is 6.36. The largest absolute Gasteiger partial charge is 0.324 e. The molecule has 0 bridgehead atoms. The third kappa shape index (κ3) is 4.03. The summed E-state index contributed by atoms with van der Waals surface area (Å²) >= 11 is 1.44. The first-order valence-corrected chi connectivity index (χ1v) is 11.3. The van der Waals surface area contributed by atoms with Crippen LogP contribution in [0.25, 0.3) is 21.3 Å². The maximum Gasteiger partial charge on any atom is 0.263 e. The average molecular weight is 432 g/mol. The van der Waals surface area contributed by atoms with Crippen LogP contribution in [0.2, 0.25) is 0 Å². The van der Waals surface area contributed by atoms with Crippen LogP contribution in [-0.2, 0) is 4.79 Å². The van der Waals surface area contributed by atoms with Crippen LogP contribution in [0.3, 0.4) is 0 Å². The van der Waals surface area contributed by atoms with E-state index in [-0.39, 0.29) is 17.4 Å². The van der Waals surface area contributed by atoms with Crippen molar-refractivity contribution in [2.24, 2.45) is 0 Å². The quantitative estimate of drug-likeness (QED) is 0.417. The molecule has 1 unspecified atom stereocenters. The lowest BCUT2D eigenvalue weighted by atomic mass is 10.0.